The number of aromatic nitrogens is 2. The average molecular weight is 591 g/mol. The molecule has 2 aromatic carbocycles. The number of ether oxygens (including phenoxy) is 2. The smallest absolute Gasteiger partial charge is 0.309 e. The van der Waals surface area contributed by atoms with E-state index < -0.39 is 17.0 Å². The van der Waals surface area contributed by atoms with Gasteiger partial charge in [-0.3, -0.25) is 4.79 Å². The number of carboxylic acids is 1. The number of nitrogens with zero attached hydrogens (tertiary/aromatic N) is 2. The fourth-order valence-electron chi connectivity index (χ4n) is 4.63. The van der Waals surface area contributed by atoms with Crippen molar-refractivity contribution in [3.05, 3.63) is 72.1 Å². The van der Waals surface area contributed by atoms with Crippen molar-refractivity contribution in [3.8, 4) is 22.8 Å². The van der Waals surface area contributed by atoms with Crippen molar-refractivity contribution < 1.29 is 24.5 Å². The molecule has 0 saturated carbocycles. The van der Waals surface area contributed by atoms with Gasteiger partial charge in [0.2, 0.25) is 5.88 Å². The van der Waals surface area contributed by atoms with Crippen LogP contribution in [-0.4, -0.2) is 49.8 Å². The molecule has 4 rings (SSSR count). The Hall–Kier alpha value is -3.49. The van der Waals surface area contributed by atoms with E-state index in [-0.39, 0.29) is 11.4 Å². The lowest BCUT2D eigenvalue weighted by Crippen LogP contribution is -2.28. The molecule has 0 atom stereocenters. The Morgan fingerprint density at radius 3 is 2.17 bits per heavy atom. The van der Waals surface area contributed by atoms with Gasteiger partial charge in [0.15, 0.2) is 0 Å². The number of carboxylic acid groups (broad SMARTS) is 1. The van der Waals surface area contributed by atoms with Crippen LogP contribution in [0, 0.1) is 5.41 Å². The first-order valence-corrected chi connectivity index (χ1v) is 14.9. The molecule has 0 saturated heterocycles. The molecule has 0 radical (unpaired) electrons. The van der Waals surface area contributed by atoms with Crippen molar-refractivity contribution in [1.29, 1.82) is 0 Å². The summed E-state index contributed by atoms with van der Waals surface area (Å²) in [6.07, 6.45) is 2.16. The number of rotatable bonds is 11. The molecule has 0 aliphatic rings. The number of aliphatic hydroxyl groups is 1. The van der Waals surface area contributed by atoms with Crippen molar-refractivity contribution in [1.82, 2.24) is 9.55 Å². The first-order chi connectivity index (χ1) is 19.6. The van der Waals surface area contributed by atoms with Crippen LogP contribution in [0.25, 0.3) is 22.0 Å². The highest BCUT2D eigenvalue weighted by Gasteiger charge is 2.33. The quantitative estimate of drug-likeness (QED) is 0.175. The third-order valence-corrected chi connectivity index (χ3v) is 8.13. The van der Waals surface area contributed by atoms with Crippen LogP contribution in [0.4, 0.5) is 0 Å². The van der Waals surface area contributed by atoms with E-state index in [0.717, 1.165) is 38.2 Å². The van der Waals surface area contributed by atoms with Gasteiger partial charge in [0.05, 0.1) is 18.1 Å². The molecule has 0 fully saturated rings. The van der Waals surface area contributed by atoms with Gasteiger partial charge in [0.25, 0.3) is 0 Å². The molecule has 0 aliphatic heterocycles. The number of hydrogen-bond acceptors (Lipinski definition) is 6. The summed E-state index contributed by atoms with van der Waals surface area (Å²) < 4.78 is 13.3. The first-order valence-electron chi connectivity index (χ1n) is 14.1. The number of hydrogen-bond donors (Lipinski definition) is 2. The molecule has 2 N–H and O–H groups in total. The van der Waals surface area contributed by atoms with Crippen molar-refractivity contribution in [2.75, 3.05) is 13.7 Å². The highest BCUT2D eigenvalue weighted by Crippen LogP contribution is 2.44. The third-order valence-electron chi connectivity index (χ3n) is 6.85. The Morgan fingerprint density at radius 1 is 0.952 bits per heavy atom. The molecule has 4 aromatic rings. The number of pyridine rings is 1. The van der Waals surface area contributed by atoms with Crippen LogP contribution in [0.1, 0.15) is 59.7 Å². The van der Waals surface area contributed by atoms with Gasteiger partial charge in [0.1, 0.15) is 12.4 Å². The van der Waals surface area contributed by atoms with Crippen molar-refractivity contribution >= 4 is 28.6 Å². The van der Waals surface area contributed by atoms with E-state index in [9.17, 15) is 15.0 Å². The fraction of sp³-hybridized carbons (Fsp3) is 0.412. The zero-order valence-electron chi connectivity index (χ0n) is 25.8. The standard InChI is InChI=1S/C34H42N2O5S/c1-32(2,3)42-30-26-17-25(41-21-34(6,7)39)14-15-27(26)36(28(30)18-33(4,5)31(37)38)20-22-9-11-23(12-10-22)24-13-16-29(40-8)35-19-24/h9-17,19,39H,18,20-21H2,1-8H3,(H,37,38). The van der Waals surface area contributed by atoms with Gasteiger partial charge in [0, 0.05) is 57.0 Å². The molecule has 8 heteroatoms. The van der Waals surface area contributed by atoms with Gasteiger partial charge < -0.3 is 24.3 Å². The predicted octanol–water partition coefficient (Wildman–Crippen LogP) is 7.45. The van der Waals surface area contributed by atoms with Crippen LogP contribution in [0.2, 0.25) is 0 Å². The summed E-state index contributed by atoms with van der Waals surface area (Å²) in [5.41, 5.74) is 3.22. The number of fused-ring (bicyclic) bond motifs is 1. The lowest BCUT2D eigenvalue weighted by Gasteiger charge is -2.24. The lowest BCUT2D eigenvalue weighted by atomic mass is 9.88. The normalized spacial score (nSPS) is 12.5. The summed E-state index contributed by atoms with van der Waals surface area (Å²) >= 11 is 1.74. The van der Waals surface area contributed by atoms with Crippen LogP contribution < -0.4 is 9.47 Å². The highest BCUT2D eigenvalue weighted by molar-refractivity contribution is 8.00. The first kappa shape index (κ1) is 31.4. The molecule has 224 valence electrons. The summed E-state index contributed by atoms with van der Waals surface area (Å²) in [6.45, 7) is 14.2. The number of aliphatic carboxylic acids is 1. The molecule has 0 bridgehead atoms. The summed E-state index contributed by atoms with van der Waals surface area (Å²) in [7, 11) is 1.60. The molecule has 7 nitrogen and oxygen atoms in total. The number of methoxy groups -OCH3 is 1. The van der Waals surface area contributed by atoms with E-state index in [4.69, 9.17) is 9.47 Å². The maximum absolute atomic E-state index is 12.3. The number of benzene rings is 2. The summed E-state index contributed by atoms with van der Waals surface area (Å²) in [4.78, 5) is 17.7. The zero-order valence-corrected chi connectivity index (χ0v) is 26.6. The van der Waals surface area contributed by atoms with E-state index >= 15 is 0 Å². The minimum atomic E-state index is -0.967. The van der Waals surface area contributed by atoms with E-state index in [1.165, 1.54) is 0 Å². The van der Waals surface area contributed by atoms with Crippen LogP contribution in [0.5, 0.6) is 11.6 Å². The summed E-state index contributed by atoms with van der Waals surface area (Å²) in [5, 5.41) is 21.3. The van der Waals surface area contributed by atoms with Gasteiger partial charge >= 0.3 is 5.97 Å². The molecular formula is C34H42N2O5S. The maximum atomic E-state index is 12.3. The Bertz CT molecular complexity index is 1540. The molecule has 42 heavy (non-hydrogen) atoms. The number of carbonyl (C=O) groups is 1. The Morgan fingerprint density at radius 2 is 1.62 bits per heavy atom. The predicted molar refractivity (Wildman–Crippen MR) is 170 cm³/mol. The maximum Gasteiger partial charge on any atom is 0.309 e. The van der Waals surface area contributed by atoms with E-state index in [1.807, 2.05) is 30.3 Å². The highest BCUT2D eigenvalue weighted by atomic mass is 32.2. The second-order valence-corrected chi connectivity index (χ2v) is 14.8. The van der Waals surface area contributed by atoms with Gasteiger partial charge in [-0.25, -0.2) is 4.98 Å². The second kappa shape index (κ2) is 12.0. The molecular weight excluding hydrogens is 548 g/mol. The topological polar surface area (TPSA) is 93.8 Å². The Labute approximate surface area is 252 Å². The monoisotopic (exact) mass is 590 g/mol. The van der Waals surface area contributed by atoms with E-state index in [0.29, 0.717) is 24.6 Å². The summed E-state index contributed by atoms with van der Waals surface area (Å²) in [5.74, 6) is 0.404. The number of thioether (sulfide) groups is 1. The van der Waals surface area contributed by atoms with Gasteiger partial charge in [-0.05, 0) is 63.1 Å². The van der Waals surface area contributed by atoms with Crippen molar-refractivity contribution in [2.45, 2.75) is 76.7 Å². The second-order valence-electron chi connectivity index (χ2n) is 13.0. The third kappa shape index (κ3) is 7.66. The largest absolute Gasteiger partial charge is 0.491 e. The SMILES string of the molecule is COc1ccc(-c2ccc(Cn3c(CC(C)(C)C(=O)O)c(SC(C)(C)C)c4cc(OCC(C)(C)O)ccc43)cc2)cn1. The minimum absolute atomic E-state index is 0.112. The zero-order chi connectivity index (χ0) is 30.9. The van der Waals surface area contributed by atoms with Gasteiger partial charge in [-0.1, -0.05) is 45.0 Å². The van der Waals surface area contributed by atoms with Crippen LogP contribution in [0.3, 0.4) is 0 Å². The van der Waals surface area contributed by atoms with Gasteiger partial charge in [-0.15, -0.1) is 11.8 Å². The van der Waals surface area contributed by atoms with Crippen LogP contribution in [0.15, 0.2) is 65.7 Å². The molecule has 2 heterocycles. The van der Waals surface area contributed by atoms with Gasteiger partial charge in [-0.2, -0.15) is 0 Å². The van der Waals surface area contributed by atoms with E-state index in [1.54, 1.807) is 52.8 Å². The molecule has 2 aromatic heterocycles. The molecule has 0 unspecified atom stereocenters. The molecule has 0 aliphatic carbocycles. The van der Waals surface area contributed by atoms with Crippen molar-refractivity contribution in [2.24, 2.45) is 5.41 Å². The Kier molecular flexibility index (Phi) is 9.00. The molecule has 0 amide bonds. The minimum Gasteiger partial charge on any atom is -0.491 e. The molecule has 0 spiro atoms. The summed E-state index contributed by atoms with van der Waals surface area (Å²) in [6, 6.07) is 18.2. The lowest BCUT2D eigenvalue weighted by molar-refractivity contribution is -0.146. The average Bonchev–Trinajstić information content (AvgIpc) is 3.17. The Balaban J connectivity index is 1.81. The van der Waals surface area contributed by atoms with Crippen LogP contribution >= 0.6 is 11.8 Å². The van der Waals surface area contributed by atoms with Crippen molar-refractivity contribution in [3.63, 3.8) is 0 Å². The van der Waals surface area contributed by atoms with Crippen LogP contribution in [-0.2, 0) is 17.8 Å². The van der Waals surface area contributed by atoms with E-state index in [2.05, 4.69) is 54.6 Å². The fourth-order valence-corrected chi connectivity index (χ4v) is 5.82.